The highest BCUT2D eigenvalue weighted by Gasteiger charge is 2.16. The molecule has 3 aromatic carbocycles. The van der Waals surface area contributed by atoms with Crippen LogP contribution in [0.1, 0.15) is 22.7 Å². The molecular weight excluding hydrogens is 374 g/mol. The van der Waals surface area contributed by atoms with Gasteiger partial charge in [-0.15, -0.1) is 0 Å². The highest BCUT2D eigenvalue weighted by molar-refractivity contribution is 5.92. The Balaban J connectivity index is 1.72. The van der Waals surface area contributed by atoms with Gasteiger partial charge in [-0.05, 0) is 47.9 Å². The summed E-state index contributed by atoms with van der Waals surface area (Å²) in [4.78, 5) is 12.4. The summed E-state index contributed by atoms with van der Waals surface area (Å²) in [5.74, 6) is -0.0815. The van der Waals surface area contributed by atoms with Crippen LogP contribution in [0.2, 0.25) is 0 Å². The van der Waals surface area contributed by atoms with Gasteiger partial charge in [-0.2, -0.15) is 8.78 Å². The lowest BCUT2D eigenvalue weighted by Crippen LogP contribution is -2.31. The first kappa shape index (κ1) is 20.5. The van der Waals surface area contributed by atoms with Crippen molar-refractivity contribution in [1.82, 2.24) is 5.32 Å². The van der Waals surface area contributed by atoms with E-state index in [0.717, 1.165) is 22.4 Å². The van der Waals surface area contributed by atoms with Crippen LogP contribution in [0.5, 0.6) is 5.75 Å². The molecule has 0 bridgehead atoms. The predicted octanol–water partition coefficient (Wildman–Crippen LogP) is 4.91. The minimum atomic E-state index is -2.87. The average molecular weight is 396 g/mol. The molecule has 1 atom stereocenters. The van der Waals surface area contributed by atoms with Crippen molar-refractivity contribution in [2.24, 2.45) is 0 Å². The second-order valence-electron chi connectivity index (χ2n) is 6.59. The number of aryl methyl sites for hydroxylation is 1. The molecule has 0 fully saturated rings. The molecule has 0 aliphatic carbocycles. The first-order chi connectivity index (χ1) is 14.0. The van der Waals surface area contributed by atoms with E-state index >= 15 is 0 Å². The van der Waals surface area contributed by atoms with E-state index in [4.69, 9.17) is 0 Å². The van der Waals surface area contributed by atoms with Crippen LogP contribution in [0.4, 0.5) is 14.5 Å². The number of carbonyl (C=O) groups excluding carboxylic acids is 1. The fraction of sp³-hybridized carbons (Fsp3) is 0.174. The molecule has 0 aromatic heterocycles. The van der Waals surface area contributed by atoms with E-state index < -0.39 is 6.61 Å². The molecule has 0 heterocycles. The summed E-state index contributed by atoms with van der Waals surface area (Å²) in [7, 11) is 0. The zero-order chi connectivity index (χ0) is 20.6. The fourth-order valence-electron chi connectivity index (χ4n) is 3.04. The van der Waals surface area contributed by atoms with Gasteiger partial charge in [0.1, 0.15) is 5.75 Å². The fourth-order valence-corrected chi connectivity index (χ4v) is 3.04. The van der Waals surface area contributed by atoms with Crippen molar-refractivity contribution < 1.29 is 18.3 Å². The quantitative estimate of drug-likeness (QED) is 0.569. The number of ether oxygens (including phenoxy) is 1. The largest absolute Gasteiger partial charge is 0.435 e. The van der Waals surface area contributed by atoms with Crippen LogP contribution >= 0.6 is 0 Å². The molecule has 3 rings (SSSR count). The van der Waals surface area contributed by atoms with Gasteiger partial charge in [0.25, 0.3) is 0 Å². The maximum absolute atomic E-state index is 12.4. The standard InChI is InChI=1S/C23H22F2N2O2/c1-16-6-5-9-19(14-16)27-21(28)15-26-22(17-7-3-2-4-8-17)18-10-12-20(13-11-18)29-23(24)25/h2-14,22-23,26H,15H2,1H3,(H,27,28)/t22-/m1/s1. The van der Waals surface area contributed by atoms with Gasteiger partial charge in [0.15, 0.2) is 0 Å². The van der Waals surface area contributed by atoms with Gasteiger partial charge in [0.2, 0.25) is 5.91 Å². The summed E-state index contributed by atoms with van der Waals surface area (Å²) in [6.07, 6.45) is 0. The summed E-state index contributed by atoms with van der Waals surface area (Å²) in [6.45, 7) is -0.821. The summed E-state index contributed by atoms with van der Waals surface area (Å²) >= 11 is 0. The summed E-state index contributed by atoms with van der Waals surface area (Å²) in [5.41, 5.74) is 3.59. The molecule has 3 aromatic rings. The number of nitrogens with one attached hydrogen (secondary N) is 2. The van der Waals surface area contributed by atoms with Crippen molar-refractivity contribution in [3.8, 4) is 5.75 Å². The van der Waals surface area contributed by atoms with Crippen LogP contribution in [0.15, 0.2) is 78.9 Å². The second-order valence-corrected chi connectivity index (χ2v) is 6.59. The van der Waals surface area contributed by atoms with E-state index in [1.54, 1.807) is 12.1 Å². The number of rotatable bonds is 8. The Morgan fingerprint density at radius 2 is 1.62 bits per heavy atom. The number of carbonyl (C=O) groups is 1. The minimum absolute atomic E-state index is 0.0861. The number of benzene rings is 3. The molecule has 29 heavy (non-hydrogen) atoms. The van der Waals surface area contributed by atoms with E-state index in [9.17, 15) is 13.6 Å². The number of hydrogen-bond donors (Lipinski definition) is 2. The lowest BCUT2D eigenvalue weighted by Gasteiger charge is -2.20. The van der Waals surface area contributed by atoms with Crippen LogP contribution in [-0.4, -0.2) is 19.1 Å². The molecule has 0 unspecified atom stereocenters. The molecule has 1 amide bonds. The molecule has 0 saturated heterocycles. The SMILES string of the molecule is Cc1cccc(NC(=O)CN[C@H](c2ccccc2)c2ccc(OC(F)F)cc2)c1. The molecule has 0 spiro atoms. The van der Waals surface area contributed by atoms with E-state index in [-0.39, 0.29) is 24.2 Å². The highest BCUT2D eigenvalue weighted by Crippen LogP contribution is 2.24. The molecule has 0 aliphatic rings. The Hall–Kier alpha value is -3.25. The molecule has 6 heteroatoms. The molecule has 2 N–H and O–H groups in total. The van der Waals surface area contributed by atoms with E-state index in [1.807, 2.05) is 61.5 Å². The predicted molar refractivity (Wildman–Crippen MR) is 109 cm³/mol. The number of hydrogen-bond acceptors (Lipinski definition) is 3. The number of alkyl halides is 2. The van der Waals surface area contributed by atoms with Gasteiger partial charge in [-0.25, -0.2) is 0 Å². The van der Waals surface area contributed by atoms with Crippen molar-refractivity contribution >= 4 is 11.6 Å². The molecular formula is C23H22F2N2O2. The molecule has 0 saturated carbocycles. The van der Waals surface area contributed by atoms with Gasteiger partial charge in [0, 0.05) is 5.69 Å². The lowest BCUT2D eigenvalue weighted by molar-refractivity contribution is -0.115. The van der Waals surface area contributed by atoms with E-state index in [0.29, 0.717) is 0 Å². The maximum Gasteiger partial charge on any atom is 0.387 e. The molecule has 150 valence electrons. The van der Waals surface area contributed by atoms with Crippen molar-refractivity contribution in [3.63, 3.8) is 0 Å². The van der Waals surface area contributed by atoms with E-state index in [2.05, 4.69) is 15.4 Å². The van der Waals surface area contributed by atoms with Crippen molar-refractivity contribution in [3.05, 3.63) is 95.6 Å². The van der Waals surface area contributed by atoms with Crippen LogP contribution in [0.25, 0.3) is 0 Å². The third kappa shape index (κ3) is 6.12. The van der Waals surface area contributed by atoms with Gasteiger partial charge < -0.3 is 10.1 Å². The monoisotopic (exact) mass is 396 g/mol. The zero-order valence-electron chi connectivity index (χ0n) is 15.9. The first-order valence-electron chi connectivity index (χ1n) is 9.21. The maximum atomic E-state index is 12.4. The van der Waals surface area contributed by atoms with E-state index in [1.165, 1.54) is 12.1 Å². The van der Waals surface area contributed by atoms with Crippen molar-refractivity contribution in [1.29, 1.82) is 0 Å². The van der Waals surface area contributed by atoms with Gasteiger partial charge in [0.05, 0.1) is 12.6 Å². The second kappa shape index (κ2) is 9.80. The minimum Gasteiger partial charge on any atom is -0.435 e. The Morgan fingerprint density at radius 1 is 0.931 bits per heavy atom. The Morgan fingerprint density at radius 3 is 2.28 bits per heavy atom. The topological polar surface area (TPSA) is 50.4 Å². The third-order valence-electron chi connectivity index (χ3n) is 4.34. The summed E-state index contributed by atoms with van der Waals surface area (Å²) in [5, 5.41) is 6.11. The molecule has 4 nitrogen and oxygen atoms in total. The normalized spacial score (nSPS) is 11.9. The Bertz CT molecular complexity index is 931. The van der Waals surface area contributed by atoms with Crippen LogP contribution in [0, 0.1) is 6.92 Å². The first-order valence-corrected chi connectivity index (χ1v) is 9.21. The number of amides is 1. The van der Waals surface area contributed by atoms with Crippen LogP contribution in [0.3, 0.4) is 0 Å². The van der Waals surface area contributed by atoms with Crippen molar-refractivity contribution in [2.75, 3.05) is 11.9 Å². The van der Waals surface area contributed by atoms with Gasteiger partial charge in [-0.3, -0.25) is 10.1 Å². The van der Waals surface area contributed by atoms with Gasteiger partial charge in [-0.1, -0.05) is 54.6 Å². The Kier molecular flexibility index (Phi) is 6.92. The summed E-state index contributed by atoms with van der Waals surface area (Å²) in [6, 6.07) is 23.3. The average Bonchev–Trinajstić information content (AvgIpc) is 2.70. The molecule has 0 radical (unpaired) electrons. The molecule has 0 aliphatic heterocycles. The number of anilines is 1. The van der Waals surface area contributed by atoms with Crippen LogP contribution < -0.4 is 15.4 Å². The summed E-state index contributed by atoms with van der Waals surface area (Å²) < 4.78 is 29.2. The lowest BCUT2D eigenvalue weighted by atomic mass is 9.98. The third-order valence-corrected chi connectivity index (χ3v) is 4.34. The zero-order valence-corrected chi connectivity index (χ0v) is 15.9. The number of halogens is 2. The van der Waals surface area contributed by atoms with Crippen molar-refractivity contribution in [2.45, 2.75) is 19.6 Å². The van der Waals surface area contributed by atoms with Gasteiger partial charge >= 0.3 is 6.61 Å². The van der Waals surface area contributed by atoms with Crippen LogP contribution in [-0.2, 0) is 4.79 Å². The highest BCUT2D eigenvalue weighted by atomic mass is 19.3. The Labute approximate surface area is 168 Å². The smallest absolute Gasteiger partial charge is 0.387 e.